The van der Waals surface area contributed by atoms with Crippen LogP contribution in [0.15, 0.2) is 24.3 Å². The molecular formula is C15H23N3O. The number of rotatable bonds is 4. The van der Waals surface area contributed by atoms with Gasteiger partial charge in [0.15, 0.2) is 0 Å². The van der Waals surface area contributed by atoms with E-state index in [9.17, 15) is 4.79 Å². The van der Waals surface area contributed by atoms with Crippen LogP contribution in [0.3, 0.4) is 0 Å². The van der Waals surface area contributed by atoms with Gasteiger partial charge in [0.25, 0.3) is 0 Å². The highest BCUT2D eigenvalue weighted by Crippen LogP contribution is 2.44. The molecule has 0 bridgehead atoms. The molecule has 3 N–H and O–H groups in total. The average molecular weight is 261 g/mol. The summed E-state index contributed by atoms with van der Waals surface area (Å²) in [4.78, 5) is 11.8. The van der Waals surface area contributed by atoms with Crippen molar-refractivity contribution in [3.05, 3.63) is 29.8 Å². The molecule has 104 valence electrons. The van der Waals surface area contributed by atoms with Gasteiger partial charge >= 0.3 is 6.03 Å². The van der Waals surface area contributed by atoms with Gasteiger partial charge in [0.2, 0.25) is 0 Å². The Balaban J connectivity index is 1.87. The third-order valence-corrected chi connectivity index (χ3v) is 3.92. The first-order chi connectivity index (χ1) is 8.92. The van der Waals surface area contributed by atoms with Crippen LogP contribution >= 0.6 is 0 Å². The molecule has 0 saturated heterocycles. The summed E-state index contributed by atoms with van der Waals surface area (Å²) in [5.74, 6) is 0. The van der Waals surface area contributed by atoms with E-state index in [4.69, 9.17) is 0 Å². The zero-order chi connectivity index (χ0) is 14.0. The molecule has 0 spiro atoms. The fraction of sp³-hybridized carbons (Fsp3) is 0.533. The van der Waals surface area contributed by atoms with Gasteiger partial charge in [0, 0.05) is 17.8 Å². The van der Waals surface area contributed by atoms with Crippen molar-refractivity contribution in [2.24, 2.45) is 5.41 Å². The predicted octanol–water partition coefficient (Wildman–Crippen LogP) is 2.89. The molecule has 4 heteroatoms. The van der Waals surface area contributed by atoms with E-state index in [2.05, 4.69) is 36.7 Å². The maximum absolute atomic E-state index is 11.8. The maximum Gasteiger partial charge on any atom is 0.319 e. The van der Waals surface area contributed by atoms with Crippen LogP contribution in [0.5, 0.6) is 0 Å². The summed E-state index contributed by atoms with van der Waals surface area (Å²) >= 11 is 0. The molecule has 1 saturated carbocycles. The van der Waals surface area contributed by atoms with Gasteiger partial charge in [-0.25, -0.2) is 4.79 Å². The third kappa shape index (κ3) is 3.47. The van der Waals surface area contributed by atoms with Crippen LogP contribution < -0.4 is 16.0 Å². The van der Waals surface area contributed by atoms with Crippen LogP contribution in [0, 0.1) is 5.41 Å². The number of benzene rings is 1. The van der Waals surface area contributed by atoms with Crippen LogP contribution in [-0.2, 0) is 0 Å². The van der Waals surface area contributed by atoms with E-state index in [1.54, 1.807) is 0 Å². The molecule has 2 unspecified atom stereocenters. The second-order valence-electron chi connectivity index (χ2n) is 5.98. The summed E-state index contributed by atoms with van der Waals surface area (Å²) in [6.45, 7) is 6.42. The van der Waals surface area contributed by atoms with Gasteiger partial charge in [-0.15, -0.1) is 0 Å². The molecule has 0 radical (unpaired) electrons. The van der Waals surface area contributed by atoms with Crippen LogP contribution in [0.1, 0.15) is 38.8 Å². The smallest absolute Gasteiger partial charge is 0.319 e. The van der Waals surface area contributed by atoms with Crippen molar-refractivity contribution in [2.45, 2.75) is 39.3 Å². The van der Waals surface area contributed by atoms with E-state index in [0.29, 0.717) is 12.1 Å². The van der Waals surface area contributed by atoms with Gasteiger partial charge in [-0.2, -0.15) is 0 Å². The Bertz CT molecular complexity index is 453. The van der Waals surface area contributed by atoms with Crippen LogP contribution in [0.2, 0.25) is 0 Å². The molecular weight excluding hydrogens is 238 g/mol. The van der Waals surface area contributed by atoms with Crippen molar-refractivity contribution >= 4 is 11.7 Å². The number of amides is 2. The number of carbonyl (C=O) groups excluding carboxylic acids is 1. The van der Waals surface area contributed by atoms with Crippen LogP contribution in [0.25, 0.3) is 0 Å². The van der Waals surface area contributed by atoms with E-state index in [-0.39, 0.29) is 11.4 Å². The highest BCUT2D eigenvalue weighted by atomic mass is 16.2. The predicted molar refractivity (Wildman–Crippen MR) is 78.3 cm³/mol. The van der Waals surface area contributed by atoms with Crippen LogP contribution in [-0.4, -0.2) is 19.1 Å². The second kappa shape index (κ2) is 5.21. The molecule has 1 fully saturated rings. The van der Waals surface area contributed by atoms with Gasteiger partial charge in [-0.05, 0) is 43.5 Å². The molecule has 1 aliphatic carbocycles. The number of anilines is 1. The summed E-state index contributed by atoms with van der Waals surface area (Å²) in [6.07, 6.45) is 1.05. The van der Waals surface area contributed by atoms with Crippen molar-refractivity contribution in [3.63, 3.8) is 0 Å². The van der Waals surface area contributed by atoms with Gasteiger partial charge in [0.1, 0.15) is 0 Å². The minimum Gasteiger partial charge on any atom is -0.335 e. The number of hydrogen-bond acceptors (Lipinski definition) is 2. The summed E-state index contributed by atoms with van der Waals surface area (Å²) in [5, 5.41) is 9.03. The monoisotopic (exact) mass is 261 g/mol. The first kappa shape index (κ1) is 13.9. The van der Waals surface area contributed by atoms with E-state index in [1.807, 2.05) is 31.3 Å². The lowest BCUT2D eigenvalue weighted by Crippen LogP contribution is -2.32. The molecule has 0 aromatic heterocycles. The third-order valence-electron chi connectivity index (χ3n) is 3.92. The normalized spacial score (nSPS) is 21.6. The van der Waals surface area contributed by atoms with Crippen molar-refractivity contribution in [1.29, 1.82) is 0 Å². The molecule has 0 heterocycles. The van der Waals surface area contributed by atoms with E-state index in [1.165, 1.54) is 5.56 Å². The zero-order valence-electron chi connectivity index (χ0n) is 12.1. The van der Waals surface area contributed by atoms with Gasteiger partial charge in [0.05, 0.1) is 0 Å². The first-order valence-electron chi connectivity index (χ1n) is 6.77. The highest BCUT2D eigenvalue weighted by molar-refractivity contribution is 5.89. The fourth-order valence-electron chi connectivity index (χ4n) is 2.06. The Morgan fingerprint density at radius 3 is 2.37 bits per heavy atom. The fourth-order valence-corrected chi connectivity index (χ4v) is 2.06. The lowest BCUT2D eigenvalue weighted by atomic mass is 10.1. The van der Waals surface area contributed by atoms with Gasteiger partial charge in [-0.1, -0.05) is 26.0 Å². The maximum atomic E-state index is 11.8. The Labute approximate surface area is 115 Å². The minimum absolute atomic E-state index is 0.120. The topological polar surface area (TPSA) is 53.2 Å². The number of carbonyl (C=O) groups is 1. The summed E-state index contributed by atoms with van der Waals surface area (Å²) in [6, 6.07) is 8.41. The molecule has 1 aromatic carbocycles. The molecule has 2 rings (SSSR count). The Morgan fingerprint density at radius 1 is 1.32 bits per heavy atom. The van der Waals surface area contributed by atoms with Crippen molar-refractivity contribution in [2.75, 3.05) is 12.4 Å². The quantitative estimate of drug-likeness (QED) is 0.780. The largest absolute Gasteiger partial charge is 0.335 e. The summed E-state index contributed by atoms with van der Waals surface area (Å²) < 4.78 is 0. The number of urea groups is 1. The molecule has 1 aromatic rings. The SMILES string of the molecule is CNC(C)c1ccc(NC(=O)NC2CC2(C)C)cc1. The lowest BCUT2D eigenvalue weighted by molar-refractivity contribution is 0.250. The van der Waals surface area contributed by atoms with E-state index >= 15 is 0 Å². The van der Waals surface area contributed by atoms with Crippen molar-refractivity contribution < 1.29 is 4.79 Å². The highest BCUT2D eigenvalue weighted by Gasteiger charge is 2.46. The van der Waals surface area contributed by atoms with Gasteiger partial charge < -0.3 is 16.0 Å². The summed E-state index contributed by atoms with van der Waals surface area (Å²) in [7, 11) is 1.93. The Morgan fingerprint density at radius 2 is 1.89 bits per heavy atom. The molecule has 2 amide bonds. The molecule has 4 nitrogen and oxygen atoms in total. The summed E-state index contributed by atoms with van der Waals surface area (Å²) in [5.41, 5.74) is 2.28. The standard InChI is InChI=1S/C15H23N3O/c1-10(16-4)11-5-7-12(8-6-11)17-14(19)18-13-9-15(13,2)3/h5-8,10,13,16H,9H2,1-4H3,(H2,17,18,19). The Hall–Kier alpha value is -1.55. The Kier molecular flexibility index (Phi) is 3.80. The zero-order valence-corrected chi connectivity index (χ0v) is 12.1. The van der Waals surface area contributed by atoms with Crippen molar-refractivity contribution in [1.82, 2.24) is 10.6 Å². The molecule has 19 heavy (non-hydrogen) atoms. The molecule has 2 atom stereocenters. The first-order valence-corrected chi connectivity index (χ1v) is 6.77. The number of nitrogens with one attached hydrogen (secondary N) is 3. The minimum atomic E-state index is -0.120. The van der Waals surface area contributed by atoms with E-state index in [0.717, 1.165) is 12.1 Å². The van der Waals surface area contributed by atoms with Crippen molar-refractivity contribution in [3.8, 4) is 0 Å². The number of hydrogen-bond donors (Lipinski definition) is 3. The lowest BCUT2D eigenvalue weighted by Gasteiger charge is -2.12. The van der Waals surface area contributed by atoms with Crippen LogP contribution in [0.4, 0.5) is 10.5 Å². The van der Waals surface area contributed by atoms with E-state index < -0.39 is 0 Å². The van der Waals surface area contributed by atoms with Gasteiger partial charge in [-0.3, -0.25) is 0 Å². The average Bonchev–Trinajstić information content (AvgIpc) is 2.96. The molecule has 1 aliphatic rings. The second-order valence-corrected chi connectivity index (χ2v) is 5.98. The molecule has 0 aliphatic heterocycles.